The summed E-state index contributed by atoms with van der Waals surface area (Å²) >= 11 is 0. The van der Waals surface area contributed by atoms with Crippen molar-refractivity contribution in [1.29, 1.82) is 0 Å². The zero-order chi connectivity index (χ0) is 19.5. The molecule has 1 aliphatic heterocycles. The zero-order valence-corrected chi connectivity index (χ0v) is 13.1. The number of hydrogen-bond acceptors (Lipinski definition) is 6. The minimum atomic E-state index is -4.69. The molecule has 12 heteroatoms. The molecular formula is C14H13F3N4O5. The molecule has 0 bridgehead atoms. The van der Waals surface area contributed by atoms with Gasteiger partial charge in [0, 0.05) is 37.5 Å². The Morgan fingerprint density at radius 2 is 1.88 bits per heavy atom. The lowest BCUT2D eigenvalue weighted by Crippen LogP contribution is -2.43. The van der Waals surface area contributed by atoms with Crippen LogP contribution in [0.25, 0.3) is 0 Å². The van der Waals surface area contributed by atoms with E-state index in [0.29, 0.717) is 0 Å². The topological polar surface area (TPSA) is 133 Å². The number of carboxylic acid groups (broad SMARTS) is 1. The van der Waals surface area contributed by atoms with Gasteiger partial charge in [-0.05, 0) is 0 Å². The Balaban J connectivity index is 2.11. The number of aliphatic hydroxyl groups is 1. The zero-order valence-electron chi connectivity index (χ0n) is 13.1. The van der Waals surface area contributed by atoms with Crippen LogP contribution in [0, 0.1) is 0 Å². The van der Waals surface area contributed by atoms with E-state index in [9.17, 15) is 32.7 Å². The summed E-state index contributed by atoms with van der Waals surface area (Å²) in [5.41, 5.74) is -0.414. The monoisotopic (exact) mass is 374 g/mol. The van der Waals surface area contributed by atoms with Gasteiger partial charge < -0.3 is 20.4 Å². The van der Waals surface area contributed by atoms with Crippen LogP contribution in [-0.2, 0) is 27.1 Å². The van der Waals surface area contributed by atoms with Gasteiger partial charge in [-0.25, -0.2) is 9.97 Å². The van der Waals surface area contributed by atoms with E-state index in [0.717, 1.165) is 17.3 Å². The third-order valence-electron chi connectivity index (χ3n) is 3.37. The van der Waals surface area contributed by atoms with Crippen LogP contribution in [0.2, 0.25) is 0 Å². The third-order valence-corrected chi connectivity index (χ3v) is 3.37. The number of hydrogen-bond donors (Lipinski definition) is 3. The molecule has 1 aromatic heterocycles. The Kier molecular flexibility index (Phi) is 5.43. The van der Waals surface area contributed by atoms with Crippen LogP contribution in [0.4, 0.5) is 13.2 Å². The van der Waals surface area contributed by atoms with Gasteiger partial charge in [0.25, 0.3) is 11.8 Å². The van der Waals surface area contributed by atoms with Crippen LogP contribution in [0.5, 0.6) is 0 Å². The summed E-state index contributed by atoms with van der Waals surface area (Å²) in [5, 5.41) is 20.3. The molecule has 0 fully saturated rings. The van der Waals surface area contributed by atoms with E-state index in [1.54, 1.807) is 0 Å². The van der Waals surface area contributed by atoms with Crippen LogP contribution >= 0.6 is 0 Å². The Bertz CT molecular complexity index is 761. The Labute approximate surface area is 144 Å². The number of rotatable bonds is 5. The van der Waals surface area contributed by atoms with Crippen LogP contribution in [0.3, 0.4) is 0 Å². The van der Waals surface area contributed by atoms with Crippen molar-refractivity contribution in [3.05, 3.63) is 35.1 Å². The van der Waals surface area contributed by atoms with Gasteiger partial charge in [-0.2, -0.15) is 13.2 Å². The van der Waals surface area contributed by atoms with Crippen molar-refractivity contribution < 1.29 is 37.8 Å². The second-order valence-corrected chi connectivity index (χ2v) is 5.29. The molecule has 9 nitrogen and oxygen atoms in total. The lowest BCUT2D eigenvalue weighted by atomic mass is 10.1. The predicted molar refractivity (Wildman–Crippen MR) is 77.4 cm³/mol. The molecule has 0 saturated carbocycles. The second-order valence-electron chi connectivity index (χ2n) is 5.29. The first-order valence-corrected chi connectivity index (χ1v) is 7.19. The standard InChI is InChI=1S/C14H13F3N4O5/c15-14(16,17)13-19-3-7(4-20-13)6-21-2-1-8(22)10(12(21)26)11(25)18-5-9(23)24/h3-4,22H,1-2,5-6H2,(H,18,25)(H,23,24). The summed E-state index contributed by atoms with van der Waals surface area (Å²) in [7, 11) is 0. The molecule has 140 valence electrons. The third kappa shape index (κ3) is 4.46. The summed E-state index contributed by atoms with van der Waals surface area (Å²) in [6.07, 6.45) is -2.94. The van der Waals surface area contributed by atoms with E-state index in [2.05, 4.69) is 9.97 Å². The molecule has 0 atom stereocenters. The minimum absolute atomic E-state index is 0.0153. The lowest BCUT2D eigenvalue weighted by Gasteiger charge is -2.28. The molecule has 1 aromatic rings. The fourth-order valence-electron chi connectivity index (χ4n) is 2.18. The first kappa shape index (κ1) is 19.1. The highest BCUT2D eigenvalue weighted by Crippen LogP contribution is 2.26. The lowest BCUT2D eigenvalue weighted by molar-refractivity contribution is -0.145. The molecule has 2 amide bonds. The van der Waals surface area contributed by atoms with Gasteiger partial charge in [-0.1, -0.05) is 0 Å². The van der Waals surface area contributed by atoms with E-state index >= 15 is 0 Å². The fraction of sp³-hybridized carbons (Fsp3) is 0.357. The van der Waals surface area contributed by atoms with Crippen molar-refractivity contribution in [2.75, 3.05) is 13.1 Å². The van der Waals surface area contributed by atoms with Gasteiger partial charge in [0.05, 0.1) is 0 Å². The van der Waals surface area contributed by atoms with Crippen molar-refractivity contribution in [3.8, 4) is 0 Å². The number of halogens is 3. The average Bonchev–Trinajstić information content (AvgIpc) is 2.55. The smallest absolute Gasteiger partial charge is 0.451 e. The number of nitrogens with one attached hydrogen (secondary N) is 1. The Morgan fingerprint density at radius 3 is 2.42 bits per heavy atom. The number of aromatic nitrogens is 2. The number of nitrogens with zero attached hydrogens (tertiary/aromatic N) is 3. The van der Waals surface area contributed by atoms with Crippen molar-refractivity contribution in [3.63, 3.8) is 0 Å². The summed E-state index contributed by atoms with van der Waals surface area (Å²) in [4.78, 5) is 42.2. The second kappa shape index (κ2) is 7.37. The summed E-state index contributed by atoms with van der Waals surface area (Å²) in [6, 6.07) is 0. The molecule has 0 radical (unpaired) electrons. The highest BCUT2D eigenvalue weighted by atomic mass is 19.4. The van der Waals surface area contributed by atoms with Crippen molar-refractivity contribution >= 4 is 17.8 Å². The van der Waals surface area contributed by atoms with Gasteiger partial charge in [-0.3, -0.25) is 14.4 Å². The fourth-order valence-corrected chi connectivity index (χ4v) is 2.18. The number of carboxylic acids is 1. The highest BCUT2D eigenvalue weighted by Gasteiger charge is 2.35. The van der Waals surface area contributed by atoms with Crippen LogP contribution < -0.4 is 5.32 Å². The molecule has 26 heavy (non-hydrogen) atoms. The molecule has 3 N–H and O–H groups in total. The molecule has 0 unspecified atom stereocenters. The maximum atomic E-state index is 12.4. The van der Waals surface area contributed by atoms with Gasteiger partial charge in [0.2, 0.25) is 5.82 Å². The summed E-state index contributed by atoms with van der Waals surface area (Å²) in [6.45, 7) is -0.906. The van der Waals surface area contributed by atoms with E-state index in [-0.39, 0.29) is 25.1 Å². The molecular weight excluding hydrogens is 361 g/mol. The van der Waals surface area contributed by atoms with E-state index in [4.69, 9.17) is 5.11 Å². The SMILES string of the molecule is O=C(O)CNC(=O)C1=C(O)CCN(Cc2cnc(C(F)(F)F)nc2)C1=O. The minimum Gasteiger partial charge on any atom is -0.511 e. The summed E-state index contributed by atoms with van der Waals surface area (Å²) < 4.78 is 37.3. The first-order valence-electron chi connectivity index (χ1n) is 7.19. The van der Waals surface area contributed by atoms with Crippen molar-refractivity contribution in [1.82, 2.24) is 20.2 Å². The Hall–Kier alpha value is -3.18. The van der Waals surface area contributed by atoms with Crippen LogP contribution in [0.15, 0.2) is 23.7 Å². The molecule has 0 spiro atoms. The molecule has 2 rings (SSSR count). The number of aliphatic carboxylic acids is 1. The molecule has 1 aliphatic rings. The number of aliphatic hydroxyl groups excluding tert-OH is 1. The van der Waals surface area contributed by atoms with Crippen molar-refractivity contribution in [2.45, 2.75) is 19.1 Å². The van der Waals surface area contributed by atoms with E-state index in [1.807, 2.05) is 5.32 Å². The maximum absolute atomic E-state index is 12.4. The normalized spacial score (nSPS) is 15.2. The molecule has 0 aliphatic carbocycles. The maximum Gasteiger partial charge on any atom is 0.451 e. The van der Waals surface area contributed by atoms with Gasteiger partial charge in [0.15, 0.2) is 0 Å². The molecule has 0 aromatic carbocycles. The number of carbonyl (C=O) groups is 3. The van der Waals surface area contributed by atoms with E-state index < -0.39 is 47.7 Å². The summed E-state index contributed by atoms with van der Waals surface area (Å²) in [5.74, 6) is -5.07. The largest absolute Gasteiger partial charge is 0.511 e. The number of alkyl halides is 3. The molecule has 2 heterocycles. The van der Waals surface area contributed by atoms with Gasteiger partial charge in [-0.15, -0.1) is 0 Å². The van der Waals surface area contributed by atoms with Crippen LogP contribution in [-0.4, -0.2) is 56.0 Å². The average molecular weight is 374 g/mol. The quantitative estimate of drug-likeness (QED) is 0.629. The first-order chi connectivity index (χ1) is 12.1. The molecule has 0 saturated heterocycles. The predicted octanol–water partition coefficient (Wildman–Crippen LogP) is 0.241. The Morgan fingerprint density at radius 1 is 1.27 bits per heavy atom. The van der Waals surface area contributed by atoms with Crippen molar-refractivity contribution in [2.24, 2.45) is 0 Å². The number of carbonyl (C=O) groups excluding carboxylic acids is 2. The highest BCUT2D eigenvalue weighted by molar-refractivity contribution is 6.19. The van der Waals surface area contributed by atoms with Crippen LogP contribution in [0.1, 0.15) is 17.8 Å². The van der Waals surface area contributed by atoms with Gasteiger partial charge >= 0.3 is 12.1 Å². The van der Waals surface area contributed by atoms with Gasteiger partial charge in [0.1, 0.15) is 17.9 Å². The van der Waals surface area contributed by atoms with E-state index in [1.165, 1.54) is 0 Å². The number of amides is 2.